The van der Waals surface area contributed by atoms with Crippen molar-refractivity contribution in [2.45, 2.75) is 18.7 Å². The standard InChI is InChI=1S/C18H16F2N4O2S/c1-11-6-7-15(12(2)10-11)27(25,26)24-17-9-8-16(22-23-17)21-18-13(19)4-3-5-14(18)20/h3-10H,1-2H3,(H,21,22)(H,23,24). The summed E-state index contributed by atoms with van der Waals surface area (Å²) in [4.78, 5) is 0.130. The predicted octanol–water partition coefficient (Wildman–Crippen LogP) is 3.92. The van der Waals surface area contributed by atoms with Crippen molar-refractivity contribution in [3.63, 3.8) is 0 Å². The fourth-order valence-electron chi connectivity index (χ4n) is 2.49. The molecule has 0 aliphatic heterocycles. The summed E-state index contributed by atoms with van der Waals surface area (Å²) >= 11 is 0. The summed E-state index contributed by atoms with van der Waals surface area (Å²) in [7, 11) is -3.84. The quantitative estimate of drug-likeness (QED) is 0.690. The highest BCUT2D eigenvalue weighted by atomic mass is 32.2. The van der Waals surface area contributed by atoms with Crippen molar-refractivity contribution in [2.75, 3.05) is 10.0 Å². The topological polar surface area (TPSA) is 84.0 Å². The molecule has 0 saturated carbocycles. The number of rotatable bonds is 5. The zero-order chi connectivity index (χ0) is 19.6. The van der Waals surface area contributed by atoms with Crippen LogP contribution in [0.4, 0.5) is 26.1 Å². The van der Waals surface area contributed by atoms with Crippen molar-refractivity contribution in [1.82, 2.24) is 10.2 Å². The van der Waals surface area contributed by atoms with E-state index in [9.17, 15) is 17.2 Å². The molecular weight excluding hydrogens is 374 g/mol. The molecule has 1 heterocycles. The van der Waals surface area contributed by atoms with Gasteiger partial charge in [-0.15, -0.1) is 10.2 Å². The van der Waals surface area contributed by atoms with Crippen LogP contribution in [0.3, 0.4) is 0 Å². The highest BCUT2D eigenvalue weighted by Crippen LogP contribution is 2.23. The first kappa shape index (κ1) is 18.7. The van der Waals surface area contributed by atoms with Gasteiger partial charge in [-0.05, 0) is 49.7 Å². The molecule has 0 radical (unpaired) electrons. The highest BCUT2D eigenvalue weighted by Gasteiger charge is 2.18. The molecule has 0 bridgehead atoms. The number of hydrogen-bond donors (Lipinski definition) is 2. The minimum atomic E-state index is -3.84. The summed E-state index contributed by atoms with van der Waals surface area (Å²) in [6, 6.07) is 11.1. The lowest BCUT2D eigenvalue weighted by molar-refractivity contribution is 0.590. The number of hydrogen-bond acceptors (Lipinski definition) is 5. The van der Waals surface area contributed by atoms with Crippen LogP contribution in [0.15, 0.2) is 53.4 Å². The van der Waals surface area contributed by atoms with E-state index < -0.39 is 21.7 Å². The normalized spacial score (nSPS) is 11.3. The zero-order valence-electron chi connectivity index (χ0n) is 14.5. The van der Waals surface area contributed by atoms with Crippen molar-refractivity contribution >= 4 is 27.3 Å². The fraction of sp³-hybridized carbons (Fsp3) is 0.111. The smallest absolute Gasteiger partial charge is 0.263 e. The SMILES string of the molecule is Cc1ccc(S(=O)(=O)Nc2ccc(Nc3c(F)cccc3F)nn2)c(C)c1. The van der Waals surface area contributed by atoms with Gasteiger partial charge in [0.2, 0.25) is 0 Å². The Bertz CT molecular complexity index is 1070. The van der Waals surface area contributed by atoms with Gasteiger partial charge in [-0.3, -0.25) is 4.72 Å². The summed E-state index contributed by atoms with van der Waals surface area (Å²) < 4.78 is 54.6. The number of anilines is 3. The molecule has 3 rings (SSSR count). The molecule has 3 aromatic rings. The second kappa shape index (κ2) is 7.28. The first-order valence-corrected chi connectivity index (χ1v) is 9.39. The van der Waals surface area contributed by atoms with Crippen molar-refractivity contribution in [3.8, 4) is 0 Å². The van der Waals surface area contributed by atoms with E-state index in [4.69, 9.17) is 0 Å². The third-order valence-electron chi connectivity index (χ3n) is 3.74. The van der Waals surface area contributed by atoms with Gasteiger partial charge >= 0.3 is 0 Å². The first-order valence-electron chi connectivity index (χ1n) is 7.91. The van der Waals surface area contributed by atoms with E-state index in [0.717, 1.165) is 17.7 Å². The molecule has 140 valence electrons. The Morgan fingerprint density at radius 2 is 1.52 bits per heavy atom. The fourth-order valence-corrected chi connectivity index (χ4v) is 3.72. The molecule has 0 saturated heterocycles. The average molecular weight is 390 g/mol. The summed E-state index contributed by atoms with van der Waals surface area (Å²) in [5, 5.41) is 9.97. The maximum Gasteiger partial charge on any atom is 0.263 e. The number of aromatic nitrogens is 2. The molecule has 2 N–H and O–H groups in total. The molecule has 0 fully saturated rings. The molecule has 0 aliphatic carbocycles. The maximum absolute atomic E-state index is 13.6. The van der Waals surface area contributed by atoms with Gasteiger partial charge in [0.25, 0.3) is 10.0 Å². The summed E-state index contributed by atoms with van der Waals surface area (Å²) in [6.07, 6.45) is 0. The molecule has 0 unspecified atom stereocenters. The molecule has 0 atom stereocenters. The lowest BCUT2D eigenvalue weighted by Crippen LogP contribution is -2.15. The van der Waals surface area contributed by atoms with E-state index >= 15 is 0 Å². The summed E-state index contributed by atoms with van der Waals surface area (Å²) in [5.74, 6) is -1.52. The van der Waals surface area contributed by atoms with Crippen LogP contribution in [0.1, 0.15) is 11.1 Å². The average Bonchev–Trinajstić information content (AvgIpc) is 2.59. The van der Waals surface area contributed by atoms with Crippen LogP contribution in [-0.2, 0) is 10.0 Å². The maximum atomic E-state index is 13.6. The van der Waals surface area contributed by atoms with Crippen molar-refractivity contribution in [3.05, 3.63) is 71.3 Å². The lowest BCUT2D eigenvalue weighted by Gasteiger charge is -2.11. The molecule has 9 heteroatoms. The Hall–Kier alpha value is -3.07. The Kier molecular flexibility index (Phi) is 5.04. The second-order valence-corrected chi connectivity index (χ2v) is 7.55. The molecule has 2 aromatic carbocycles. The van der Waals surface area contributed by atoms with Crippen LogP contribution in [-0.4, -0.2) is 18.6 Å². The monoisotopic (exact) mass is 390 g/mol. The van der Waals surface area contributed by atoms with Gasteiger partial charge in [-0.2, -0.15) is 0 Å². The highest BCUT2D eigenvalue weighted by molar-refractivity contribution is 7.92. The molecule has 1 aromatic heterocycles. The lowest BCUT2D eigenvalue weighted by atomic mass is 10.2. The van der Waals surface area contributed by atoms with E-state index in [-0.39, 0.29) is 22.2 Å². The minimum Gasteiger partial charge on any atom is -0.334 e. The van der Waals surface area contributed by atoms with Gasteiger partial charge < -0.3 is 5.32 Å². The van der Waals surface area contributed by atoms with E-state index in [2.05, 4.69) is 20.2 Å². The second-order valence-electron chi connectivity index (χ2n) is 5.90. The predicted molar refractivity (Wildman–Crippen MR) is 98.4 cm³/mol. The van der Waals surface area contributed by atoms with Crippen molar-refractivity contribution in [2.24, 2.45) is 0 Å². The largest absolute Gasteiger partial charge is 0.334 e. The molecule has 0 amide bonds. The van der Waals surface area contributed by atoms with E-state index in [1.165, 1.54) is 24.3 Å². The van der Waals surface area contributed by atoms with Crippen LogP contribution in [0.25, 0.3) is 0 Å². The van der Waals surface area contributed by atoms with Crippen molar-refractivity contribution < 1.29 is 17.2 Å². The van der Waals surface area contributed by atoms with Gasteiger partial charge in [-0.1, -0.05) is 23.8 Å². The van der Waals surface area contributed by atoms with Crippen LogP contribution in [0.2, 0.25) is 0 Å². The number of sulfonamides is 1. The van der Waals surface area contributed by atoms with Gasteiger partial charge in [0.15, 0.2) is 11.6 Å². The number of nitrogens with one attached hydrogen (secondary N) is 2. The number of nitrogens with zero attached hydrogens (tertiary/aromatic N) is 2. The van der Waals surface area contributed by atoms with Gasteiger partial charge in [0.05, 0.1) is 4.90 Å². The molecular formula is C18H16F2N4O2S. The Labute approximate surface area is 155 Å². The van der Waals surface area contributed by atoms with Gasteiger partial charge in [-0.25, -0.2) is 17.2 Å². The van der Waals surface area contributed by atoms with Crippen LogP contribution >= 0.6 is 0 Å². The number of benzene rings is 2. The van der Waals surface area contributed by atoms with E-state index in [0.29, 0.717) is 5.56 Å². The van der Waals surface area contributed by atoms with Gasteiger partial charge in [0, 0.05) is 0 Å². The van der Waals surface area contributed by atoms with Crippen molar-refractivity contribution in [1.29, 1.82) is 0 Å². The molecule has 0 aliphatic rings. The third kappa shape index (κ3) is 4.20. The number of aryl methyl sites for hydroxylation is 2. The van der Waals surface area contributed by atoms with Crippen LogP contribution < -0.4 is 10.0 Å². The summed E-state index contributed by atoms with van der Waals surface area (Å²) in [5.41, 5.74) is 1.18. The van der Waals surface area contributed by atoms with Crippen LogP contribution in [0.5, 0.6) is 0 Å². The molecule has 6 nitrogen and oxygen atoms in total. The van der Waals surface area contributed by atoms with E-state index in [1.807, 2.05) is 6.92 Å². The molecule has 27 heavy (non-hydrogen) atoms. The minimum absolute atomic E-state index is 0.0190. The third-order valence-corrected chi connectivity index (χ3v) is 5.25. The molecule has 0 spiro atoms. The summed E-state index contributed by atoms with van der Waals surface area (Å²) in [6.45, 7) is 3.57. The Morgan fingerprint density at radius 3 is 2.11 bits per heavy atom. The Balaban J connectivity index is 1.79. The number of halogens is 2. The van der Waals surface area contributed by atoms with Gasteiger partial charge in [0.1, 0.15) is 17.3 Å². The van der Waals surface area contributed by atoms with E-state index in [1.54, 1.807) is 19.1 Å². The zero-order valence-corrected chi connectivity index (χ0v) is 15.3. The first-order chi connectivity index (χ1) is 12.8. The number of para-hydroxylation sites is 1. The Morgan fingerprint density at radius 1 is 0.889 bits per heavy atom. The van der Waals surface area contributed by atoms with Crippen LogP contribution in [0, 0.1) is 25.5 Å².